The van der Waals surface area contributed by atoms with Gasteiger partial charge in [-0.2, -0.15) is 0 Å². The Bertz CT molecular complexity index is 558. The summed E-state index contributed by atoms with van der Waals surface area (Å²) in [5.74, 6) is 1.77. The molecule has 0 unspecified atom stereocenters. The molecule has 0 atom stereocenters. The van der Waals surface area contributed by atoms with E-state index in [1.54, 1.807) is 4.68 Å². The van der Waals surface area contributed by atoms with E-state index in [1.807, 2.05) is 0 Å². The first-order valence-corrected chi connectivity index (χ1v) is 7.16. The molecule has 19 heavy (non-hydrogen) atoms. The number of carbonyl (C=O) groups is 1. The number of hydrogen-bond acceptors (Lipinski definition) is 2. The van der Waals surface area contributed by atoms with Gasteiger partial charge in [0, 0.05) is 6.07 Å². The molecule has 4 fully saturated rings. The monoisotopic (exact) mass is 262 g/mol. The molecule has 5 rings (SSSR count). The second kappa shape index (κ2) is 3.74. The second-order valence-corrected chi connectivity index (χ2v) is 6.60. The average Bonchev–Trinajstić information content (AvgIpc) is 2.70. The van der Waals surface area contributed by atoms with E-state index >= 15 is 0 Å². The smallest absolute Gasteiger partial charge is 0.353 e. The van der Waals surface area contributed by atoms with E-state index in [9.17, 15) is 9.59 Å². The van der Waals surface area contributed by atoms with Crippen molar-refractivity contribution in [1.82, 2.24) is 9.78 Å². The van der Waals surface area contributed by atoms with E-state index < -0.39 is 5.97 Å². The molecule has 1 aromatic heterocycles. The van der Waals surface area contributed by atoms with Gasteiger partial charge in [0.1, 0.15) is 5.69 Å². The van der Waals surface area contributed by atoms with Gasteiger partial charge in [-0.15, -0.1) is 0 Å². The highest BCUT2D eigenvalue weighted by Gasteiger charge is 2.49. The van der Waals surface area contributed by atoms with E-state index in [1.165, 1.54) is 38.2 Å². The van der Waals surface area contributed by atoms with Crippen LogP contribution in [0.15, 0.2) is 10.9 Å². The number of carboxylic acids is 1. The molecule has 0 saturated heterocycles. The maximum Gasteiger partial charge on any atom is 0.353 e. The molecule has 4 aliphatic carbocycles. The maximum absolute atomic E-state index is 12.0. The number of hydrogen-bond donors (Lipinski definition) is 2. The summed E-state index contributed by atoms with van der Waals surface area (Å²) in [5, 5.41) is 11.8. The lowest BCUT2D eigenvalue weighted by Gasteiger charge is -2.54. The van der Waals surface area contributed by atoms with Crippen molar-refractivity contribution >= 4 is 5.97 Å². The number of H-pyrrole nitrogens is 1. The molecule has 1 heterocycles. The molecule has 0 aliphatic heterocycles. The number of nitrogens with one attached hydrogen (secondary N) is 1. The highest BCUT2D eigenvalue weighted by atomic mass is 16.4. The molecular weight excluding hydrogens is 244 g/mol. The normalized spacial score (nSPS) is 39.7. The molecule has 4 saturated carbocycles. The minimum atomic E-state index is -1.06. The lowest BCUT2D eigenvalue weighted by atomic mass is 9.54. The van der Waals surface area contributed by atoms with Crippen LogP contribution < -0.4 is 5.56 Å². The molecule has 2 N–H and O–H groups in total. The summed E-state index contributed by atoms with van der Waals surface area (Å²) in [6, 6.07) is 1.42. The number of aromatic amines is 1. The summed E-state index contributed by atoms with van der Waals surface area (Å²) in [7, 11) is 0. The van der Waals surface area contributed by atoms with Gasteiger partial charge in [-0.25, -0.2) is 9.48 Å². The SMILES string of the molecule is O=C(O)c1cc(=O)n(C2C3CC4CC(C3)CC2C4)[nH]1. The summed E-state index contributed by atoms with van der Waals surface area (Å²) in [6.07, 6.45) is 6.23. The highest BCUT2D eigenvalue weighted by molar-refractivity contribution is 5.85. The average molecular weight is 262 g/mol. The minimum Gasteiger partial charge on any atom is -0.477 e. The van der Waals surface area contributed by atoms with Crippen LogP contribution in [-0.2, 0) is 0 Å². The van der Waals surface area contributed by atoms with E-state index in [0.29, 0.717) is 11.8 Å². The van der Waals surface area contributed by atoms with Gasteiger partial charge in [-0.1, -0.05) is 0 Å². The van der Waals surface area contributed by atoms with Gasteiger partial charge >= 0.3 is 5.97 Å². The summed E-state index contributed by atoms with van der Waals surface area (Å²) in [4.78, 5) is 23.0. The second-order valence-electron chi connectivity index (χ2n) is 6.60. The first kappa shape index (κ1) is 11.3. The zero-order valence-electron chi connectivity index (χ0n) is 10.7. The van der Waals surface area contributed by atoms with Crippen molar-refractivity contribution in [3.8, 4) is 0 Å². The largest absolute Gasteiger partial charge is 0.477 e. The molecule has 0 aromatic carbocycles. The van der Waals surface area contributed by atoms with Crippen LogP contribution in [0.5, 0.6) is 0 Å². The molecule has 5 nitrogen and oxygen atoms in total. The molecule has 4 aliphatic rings. The van der Waals surface area contributed by atoms with Crippen molar-refractivity contribution in [1.29, 1.82) is 0 Å². The van der Waals surface area contributed by atoms with Gasteiger partial charge in [-0.05, 0) is 55.8 Å². The third-order valence-electron chi connectivity index (χ3n) is 5.45. The van der Waals surface area contributed by atoms with Crippen LogP contribution in [0.1, 0.15) is 48.6 Å². The van der Waals surface area contributed by atoms with Crippen molar-refractivity contribution < 1.29 is 9.90 Å². The lowest BCUT2D eigenvalue weighted by molar-refractivity contribution is -0.0349. The zero-order chi connectivity index (χ0) is 13.1. The Kier molecular flexibility index (Phi) is 2.23. The van der Waals surface area contributed by atoms with Crippen molar-refractivity contribution in [3.05, 3.63) is 22.1 Å². The molecular formula is C14H18N2O3. The van der Waals surface area contributed by atoms with Crippen molar-refractivity contribution in [2.75, 3.05) is 0 Å². The van der Waals surface area contributed by atoms with Crippen molar-refractivity contribution in [2.45, 2.75) is 38.1 Å². The van der Waals surface area contributed by atoms with Gasteiger partial charge in [-0.3, -0.25) is 9.89 Å². The Hall–Kier alpha value is -1.52. The predicted octanol–water partition coefficient (Wildman–Crippen LogP) is 1.87. The van der Waals surface area contributed by atoms with E-state index in [4.69, 9.17) is 5.11 Å². The number of aromatic nitrogens is 2. The summed E-state index contributed by atoms with van der Waals surface area (Å²) < 4.78 is 1.61. The molecule has 5 heteroatoms. The fourth-order valence-electron chi connectivity index (χ4n) is 5.06. The van der Waals surface area contributed by atoms with Gasteiger partial charge in [0.25, 0.3) is 5.56 Å². The van der Waals surface area contributed by atoms with Gasteiger partial charge < -0.3 is 5.11 Å². The molecule has 102 valence electrons. The van der Waals surface area contributed by atoms with E-state index in [-0.39, 0.29) is 17.3 Å². The number of aromatic carboxylic acids is 1. The van der Waals surface area contributed by atoms with E-state index in [2.05, 4.69) is 5.10 Å². The van der Waals surface area contributed by atoms with Crippen LogP contribution in [0, 0.1) is 23.7 Å². The Morgan fingerprint density at radius 1 is 1.16 bits per heavy atom. The third kappa shape index (κ3) is 1.60. The predicted molar refractivity (Wildman–Crippen MR) is 68.1 cm³/mol. The number of nitrogens with zero attached hydrogens (tertiary/aromatic N) is 1. The molecule has 0 radical (unpaired) electrons. The Morgan fingerprint density at radius 3 is 2.21 bits per heavy atom. The Labute approximate surface area is 110 Å². The maximum atomic E-state index is 12.0. The Balaban J connectivity index is 1.73. The first-order chi connectivity index (χ1) is 9.11. The summed E-state index contributed by atoms with van der Waals surface area (Å²) >= 11 is 0. The standard InChI is InChI=1S/C14H18N2O3/c17-12-6-11(14(18)19)15-16(12)13-9-2-7-1-8(4-9)5-10(13)3-7/h6-10,13,15H,1-5H2,(H,18,19). The van der Waals surface area contributed by atoms with Crippen molar-refractivity contribution in [3.63, 3.8) is 0 Å². The van der Waals surface area contributed by atoms with Crippen LogP contribution in [0.4, 0.5) is 0 Å². The quantitative estimate of drug-likeness (QED) is 0.854. The molecule has 0 amide bonds. The van der Waals surface area contributed by atoms with Crippen molar-refractivity contribution in [2.24, 2.45) is 23.7 Å². The van der Waals surface area contributed by atoms with Gasteiger partial charge in [0.05, 0.1) is 6.04 Å². The molecule has 0 spiro atoms. The summed E-state index contributed by atoms with van der Waals surface area (Å²) in [6.45, 7) is 0. The topological polar surface area (TPSA) is 75.1 Å². The summed E-state index contributed by atoms with van der Waals surface area (Å²) in [5.41, 5.74) is -0.173. The van der Waals surface area contributed by atoms with Crippen LogP contribution in [0.25, 0.3) is 0 Å². The van der Waals surface area contributed by atoms with Crippen LogP contribution in [-0.4, -0.2) is 20.9 Å². The van der Waals surface area contributed by atoms with Gasteiger partial charge in [0.2, 0.25) is 0 Å². The van der Waals surface area contributed by atoms with Crippen LogP contribution in [0.2, 0.25) is 0 Å². The number of rotatable bonds is 2. The number of carboxylic acid groups (broad SMARTS) is 1. The highest BCUT2D eigenvalue weighted by Crippen LogP contribution is 2.57. The third-order valence-corrected chi connectivity index (χ3v) is 5.45. The fraction of sp³-hybridized carbons (Fsp3) is 0.714. The molecule has 4 bridgehead atoms. The van der Waals surface area contributed by atoms with Crippen LogP contribution in [0.3, 0.4) is 0 Å². The zero-order valence-corrected chi connectivity index (χ0v) is 10.7. The lowest BCUT2D eigenvalue weighted by Crippen LogP contribution is -2.48. The Morgan fingerprint density at radius 2 is 1.74 bits per heavy atom. The van der Waals surface area contributed by atoms with Crippen LogP contribution >= 0.6 is 0 Å². The first-order valence-electron chi connectivity index (χ1n) is 7.16. The van der Waals surface area contributed by atoms with Gasteiger partial charge in [0.15, 0.2) is 0 Å². The minimum absolute atomic E-state index is 0.0128. The fourth-order valence-corrected chi connectivity index (χ4v) is 5.06. The molecule has 1 aromatic rings. The van der Waals surface area contributed by atoms with E-state index in [0.717, 1.165) is 11.8 Å².